The zero-order chi connectivity index (χ0) is 22.1. The summed E-state index contributed by atoms with van der Waals surface area (Å²) in [6.07, 6.45) is -1.74. The van der Waals surface area contributed by atoms with Crippen LogP contribution in [0.1, 0.15) is 20.8 Å². The lowest BCUT2D eigenvalue weighted by atomic mass is 10.1. The van der Waals surface area contributed by atoms with Crippen molar-refractivity contribution in [3.63, 3.8) is 0 Å². The van der Waals surface area contributed by atoms with Gasteiger partial charge in [-0.25, -0.2) is 9.69 Å². The van der Waals surface area contributed by atoms with Crippen molar-refractivity contribution in [1.82, 2.24) is 0 Å². The third-order valence-corrected chi connectivity index (χ3v) is 5.62. The molecule has 0 aliphatic carbocycles. The second-order valence-corrected chi connectivity index (χ2v) is 7.91. The van der Waals surface area contributed by atoms with Crippen molar-refractivity contribution in [2.45, 2.75) is 36.9 Å². The Hall–Kier alpha value is -3.52. The average molecular weight is 437 g/mol. The van der Waals surface area contributed by atoms with Crippen LogP contribution in [0.2, 0.25) is 0 Å². The third kappa shape index (κ3) is 4.06. The van der Waals surface area contributed by atoms with Gasteiger partial charge in [0.2, 0.25) is 6.29 Å². The van der Waals surface area contributed by atoms with Crippen LogP contribution in [0.15, 0.2) is 64.4 Å². The Morgan fingerprint density at radius 2 is 1.55 bits per heavy atom. The Bertz CT molecular complexity index is 1210. The molecule has 4 rings (SSSR count). The molecule has 0 bridgehead atoms. The monoisotopic (exact) mass is 437 g/mol. The normalized spacial score (nSPS) is 13.1. The number of amides is 1. The molecular formula is C23H19NO6S. The van der Waals surface area contributed by atoms with E-state index in [0.29, 0.717) is 22.5 Å². The predicted molar refractivity (Wildman–Crippen MR) is 116 cm³/mol. The van der Waals surface area contributed by atoms with Crippen LogP contribution >= 0.6 is 11.8 Å². The Balaban J connectivity index is 1.89. The van der Waals surface area contributed by atoms with Crippen LogP contribution < -0.4 is 9.64 Å². The third-order valence-electron chi connectivity index (χ3n) is 4.53. The van der Waals surface area contributed by atoms with E-state index in [9.17, 15) is 14.4 Å². The molecule has 0 saturated heterocycles. The first kappa shape index (κ1) is 20.7. The van der Waals surface area contributed by atoms with E-state index in [1.807, 2.05) is 48.5 Å². The molecule has 158 valence electrons. The van der Waals surface area contributed by atoms with E-state index in [2.05, 4.69) is 0 Å². The van der Waals surface area contributed by atoms with Crippen molar-refractivity contribution in [3.8, 4) is 5.75 Å². The van der Waals surface area contributed by atoms with E-state index in [0.717, 1.165) is 15.2 Å². The fourth-order valence-electron chi connectivity index (χ4n) is 3.46. The summed E-state index contributed by atoms with van der Waals surface area (Å²) < 4.78 is 15.8. The summed E-state index contributed by atoms with van der Waals surface area (Å²) in [7, 11) is 0. The highest BCUT2D eigenvalue weighted by Gasteiger charge is 2.33. The number of anilines is 2. The van der Waals surface area contributed by atoms with Gasteiger partial charge in [0.05, 0.1) is 11.4 Å². The number of hydrogen-bond donors (Lipinski definition) is 0. The molecular weight excluding hydrogens is 418 g/mol. The van der Waals surface area contributed by atoms with Crippen LogP contribution in [0.3, 0.4) is 0 Å². The van der Waals surface area contributed by atoms with Crippen molar-refractivity contribution in [1.29, 1.82) is 0 Å². The first-order valence-corrected chi connectivity index (χ1v) is 10.4. The van der Waals surface area contributed by atoms with Gasteiger partial charge in [-0.15, -0.1) is 0 Å². The molecule has 7 nitrogen and oxygen atoms in total. The Morgan fingerprint density at radius 3 is 2.26 bits per heavy atom. The number of rotatable bonds is 3. The van der Waals surface area contributed by atoms with E-state index < -0.39 is 24.3 Å². The molecule has 0 saturated carbocycles. The Kier molecular flexibility index (Phi) is 5.56. The summed E-state index contributed by atoms with van der Waals surface area (Å²) in [5.41, 5.74) is 1.25. The molecule has 3 aromatic carbocycles. The second-order valence-electron chi connectivity index (χ2n) is 6.83. The van der Waals surface area contributed by atoms with E-state index in [4.69, 9.17) is 14.2 Å². The molecule has 3 aromatic rings. The molecule has 1 aliphatic heterocycles. The summed E-state index contributed by atoms with van der Waals surface area (Å²) in [6.45, 7) is 4.07. The topological polar surface area (TPSA) is 82.1 Å². The maximum atomic E-state index is 13.2. The number of para-hydroxylation sites is 1. The highest BCUT2D eigenvalue weighted by atomic mass is 32.2. The number of ether oxygens (including phenoxy) is 3. The molecule has 0 aromatic heterocycles. The number of esters is 2. The smallest absolute Gasteiger partial charge is 0.422 e. The van der Waals surface area contributed by atoms with Gasteiger partial charge in [-0.3, -0.25) is 9.59 Å². The fourth-order valence-corrected chi connectivity index (χ4v) is 4.57. The number of carbonyl (C=O) groups excluding carboxylic acids is 3. The van der Waals surface area contributed by atoms with Crippen LogP contribution in [-0.4, -0.2) is 24.3 Å². The van der Waals surface area contributed by atoms with Gasteiger partial charge in [0, 0.05) is 41.3 Å². The summed E-state index contributed by atoms with van der Waals surface area (Å²) in [4.78, 5) is 39.1. The van der Waals surface area contributed by atoms with E-state index >= 15 is 0 Å². The fraction of sp³-hybridized carbons (Fsp3) is 0.174. The lowest BCUT2D eigenvalue weighted by Gasteiger charge is -2.32. The highest BCUT2D eigenvalue weighted by Crippen LogP contribution is 2.53. The summed E-state index contributed by atoms with van der Waals surface area (Å²) in [5, 5.41) is 1.40. The minimum atomic E-state index is -1.05. The van der Waals surface area contributed by atoms with Gasteiger partial charge in [-0.05, 0) is 18.2 Å². The lowest BCUT2D eigenvalue weighted by molar-refractivity contribution is -0.161. The van der Waals surface area contributed by atoms with Gasteiger partial charge in [0.1, 0.15) is 5.75 Å². The van der Waals surface area contributed by atoms with Crippen molar-refractivity contribution in [3.05, 3.63) is 54.6 Å². The standard InChI is InChI=1S/C23H19NO6S/c1-13(25)28-15(3)30-23(27)24-18-10-6-7-11-20(18)31-21-12-19(29-14(2)26)16-8-4-5-9-17(16)22(21)24/h4-12,15H,1-3H3. The molecule has 31 heavy (non-hydrogen) atoms. The van der Waals surface area contributed by atoms with Gasteiger partial charge < -0.3 is 14.2 Å². The first-order valence-electron chi connectivity index (χ1n) is 9.54. The van der Waals surface area contributed by atoms with Gasteiger partial charge >= 0.3 is 18.0 Å². The molecule has 0 fully saturated rings. The number of benzene rings is 3. The highest BCUT2D eigenvalue weighted by molar-refractivity contribution is 7.99. The lowest BCUT2D eigenvalue weighted by Crippen LogP contribution is -2.33. The second kappa shape index (κ2) is 8.31. The molecule has 0 spiro atoms. The SMILES string of the molecule is CC(=O)Oc1cc2c(c3ccccc13)N(C(=O)OC(C)OC(C)=O)c1ccccc1S2. The molecule has 1 unspecified atom stereocenters. The Labute approximate surface area is 182 Å². The van der Waals surface area contributed by atoms with Crippen LogP contribution in [0.4, 0.5) is 16.2 Å². The molecule has 1 amide bonds. The van der Waals surface area contributed by atoms with Crippen molar-refractivity contribution in [2.24, 2.45) is 0 Å². The van der Waals surface area contributed by atoms with Crippen LogP contribution in [-0.2, 0) is 19.1 Å². The zero-order valence-electron chi connectivity index (χ0n) is 17.1. The first-order chi connectivity index (χ1) is 14.8. The maximum Gasteiger partial charge on any atom is 0.422 e. The number of nitrogens with zero attached hydrogens (tertiary/aromatic N) is 1. The number of carbonyl (C=O) groups is 3. The minimum Gasteiger partial charge on any atom is -0.426 e. The van der Waals surface area contributed by atoms with Crippen molar-refractivity contribution < 1.29 is 28.6 Å². The van der Waals surface area contributed by atoms with Crippen molar-refractivity contribution >= 4 is 51.9 Å². The predicted octanol–water partition coefficient (Wildman–Crippen LogP) is 5.41. The zero-order valence-corrected chi connectivity index (χ0v) is 17.9. The summed E-state index contributed by atoms with van der Waals surface area (Å²) in [5.74, 6) is -0.570. The summed E-state index contributed by atoms with van der Waals surface area (Å²) >= 11 is 1.46. The summed E-state index contributed by atoms with van der Waals surface area (Å²) in [6, 6.07) is 16.5. The quantitative estimate of drug-likeness (QED) is 0.308. The van der Waals surface area contributed by atoms with Crippen LogP contribution in [0, 0.1) is 0 Å². The molecule has 0 N–H and O–H groups in total. The largest absolute Gasteiger partial charge is 0.426 e. The van der Waals surface area contributed by atoms with Crippen molar-refractivity contribution in [2.75, 3.05) is 4.90 Å². The van der Waals surface area contributed by atoms with Crippen LogP contribution in [0.25, 0.3) is 10.8 Å². The van der Waals surface area contributed by atoms with Gasteiger partial charge in [0.15, 0.2) is 0 Å². The van der Waals surface area contributed by atoms with E-state index in [1.165, 1.54) is 37.4 Å². The van der Waals surface area contributed by atoms with E-state index in [-0.39, 0.29) is 0 Å². The van der Waals surface area contributed by atoms with Crippen LogP contribution in [0.5, 0.6) is 5.75 Å². The maximum absolute atomic E-state index is 13.2. The molecule has 1 atom stereocenters. The number of fused-ring (bicyclic) bond motifs is 4. The average Bonchev–Trinajstić information content (AvgIpc) is 2.71. The van der Waals surface area contributed by atoms with Gasteiger partial charge in [-0.2, -0.15) is 0 Å². The number of hydrogen-bond acceptors (Lipinski definition) is 7. The molecule has 0 radical (unpaired) electrons. The Morgan fingerprint density at radius 1 is 0.871 bits per heavy atom. The van der Waals surface area contributed by atoms with Gasteiger partial charge in [-0.1, -0.05) is 48.2 Å². The molecule has 1 heterocycles. The minimum absolute atomic E-state index is 0.412. The molecule has 1 aliphatic rings. The van der Waals surface area contributed by atoms with Gasteiger partial charge in [0.25, 0.3) is 0 Å². The molecule has 8 heteroatoms. The van der Waals surface area contributed by atoms with E-state index in [1.54, 1.807) is 6.07 Å².